The molecule has 0 aromatic carbocycles. The first-order valence-corrected chi connectivity index (χ1v) is 5.53. The smallest absolute Gasteiger partial charge is 0.265 e. The minimum atomic E-state index is -0.211. The van der Waals surface area contributed by atoms with E-state index in [1.807, 2.05) is 12.2 Å². The molecular weight excluding hydrogens is 200 g/mol. The molecule has 3 heteroatoms. The quantitative estimate of drug-likeness (QED) is 0.662. The van der Waals surface area contributed by atoms with Gasteiger partial charge in [-0.05, 0) is 17.6 Å². The molecule has 84 valence electrons. The highest BCUT2D eigenvalue weighted by molar-refractivity contribution is 6.01. The van der Waals surface area contributed by atoms with E-state index in [1.54, 1.807) is 0 Å². The first-order valence-electron chi connectivity index (χ1n) is 5.53. The fourth-order valence-corrected chi connectivity index (χ4v) is 1.95. The second kappa shape index (κ2) is 3.51. The predicted octanol–water partition coefficient (Wildman–Crippen LogP) is 3.41. The van der Waals surface area contributed by atoms with Crippen molar-refractivity contribution >= 4 is 5.91 Å². The molecule has 2 rings (SSSR count). The SMILES string of the molecule is CC(C)C1=C2C(=O)N=NC2=CC(C)(C)C=C1. The molecule has 1 aliphatic heterocycles. The van der Waals surface area contributed by atoms with Crippen LogP contribution in [0.1, 0.15) is 27.7 Å². The van der Waals surface area contributed by atoms with Crippen LogP contribution >= 0.6 is 0 Å². The van der Waals surface area contributed by atoms with Gasteiger partial charge in [-0.25, -0.2) is 0 Å². The molecule has 3 nitrogen and oxygen atoms in total. The Hall–Kier alpha value is -1.51. The minimum absolute atomic E-state index is 0.0825. The summed E-state index contributed by atoms with van der Waals surface area (Å²) in [5.41, 5.74) is 2.35. The molecule has 0 radical (unpaired) electrons. The van der Waals surface area contributed by atoms with Crippen molar-refractivity contribution in [2.45, 2.75) is 27.7 Å². The number of rotatable bonds is 1. The van der Waals surface area contributed by atoms with E-state index in [2.05, 4.69) is 44.0 Å². The van der Waals surface area contributed by atoms with E-state index >= 15 is 0 Å². The maximum Gasteiger partial charge on any atom is 0.297 e. The number of hydrogen-bond acceptors (Lipinski definition) is 2. The van der Waals surface area contributed by atoms with Crippen LogP contribution in [0.3, 0.4) is 0 Å². The molecule has 0 fully saturated rings. The Labute approximate surface area is 95.6 Å². The van der Waals surface area contributed by atoms with E-state index in [9.17, 15) is 4.79 Å². The summed E-state index contributed by atoms with van der Waals surface area (Å²) in [4.78, 5) is 11.7. The molecular formula is C13H16N2O. The van der Waals surface area contributed by atoms with E-state index in [1.165, 1.54) is 0 Å². The van der Waals surface area contributed by atoms with Gasteiger partial charge in [-0.2, -0.15) is 0 Å². The van der Waals surface area contributed by atoms with Gasteiger partial charge in [0.1, 0.15) is 0 Å². The Bertz CT molecular complexity index is 462. The zero-order valence-electron chi connectivity index (χ0n) is 10.1. The Morgan fingerprint density at radius 2 is 1.94 bits per heavy atom. The number of azo groups is 1. The summed E-state index contributed by atoms with van der Waals surface area (Å²) in [6, 6.07) is 0. The van der Waals surface area contributed by atoms with Gasteiger partial charge in [0.25, 0.3) is 5.91 Å². The largest absolute Gasteiger partial charge is 0.297 e. The maximum absolute atomic E-state index is 11.7. The van der Waals surface area contributed by atoms with Gasteiger partial charge in [0.15, 0.2) is 0 Å². The van der Waals surface area contributed by atoms with Crippen molar-refractivity contribution in [1.82, 2.24) is 0 Å². The van der Waals surface area contributed by atoms with Crippen LogP contribution in [-0.4, -0.2) is 5.91 Å². The molecule has 0 N–H and O–H groups in total. The lowest BCUT2D eigenvalue weighted by Gasteiger charge is -2.13. The van der Waals surface area contributed by atoms with Gasteiger partial charge in [-0.3, -0.25) is 4.79 Å². The standard InChI is InChI=1S/C13H16N2O/c1-8(2)9-5-6-13(3,4)7-10-11(9)12(16)15-14-10/h5-8H,1-4H3. The third-order valence-electron chi connectivity index (χ3n) is 2.83. The van der Waals surface area contributed by atoms with E-state index in [0.717, 1.165) is 11.3 Å². The van der Waals surface area contributed by atoms with E-state index in [4.69, 9.17) is 0 Å². The number of hydrogen-bond donors (Lipinski definition) is 0. The Kier molecular flexibility index (Phi) is 2.41. The van der Waals surface area contributed by atoms with Gasteiger partial charge in [-0.15, -0.1) is 10.2 Å². The van der Waals surface area contributed by atoms with Crippen LogP contribution in [0.25, 0.3) is 0 Å². The van der Waals surface area contributed by atoms with Crippen molar-refractivity contribution in [3.63, 3.8) is 0 Å². The average Bonchev–Trinajstić information content (AvgIpc) is 2.44. The first-order chi connectivity index (χ1) is 7.41. The molecule has 0 saturated heterocycles. The third-order valence-corrected chi connectivity index (χ3v) is 2.83. The van der Waals surface area contributed by atoms with Crippen molar-refractivity contribution in [3.05, 3.63) is 35.1 Å². The summed E-state index contributed by atoms with van der Waals surface area (Å²) < 4.78 is 0. The number of carbonyl (C=O) groups excluding carboxylic acids is 1. The number of amides is 1. The van der Waals surface area contributed by atoms with E-state index in [0.29, 0.717) is 11.5 Å². The maximum atomic E-state index is 11.7. The average molecular weight is 216 g/mol. The van der Waals surface area contributed by atoms with Crippen LogP contribution in [-0.2, 0) is 4.79 Å². The van der Waals surface area contributed by atoms with Gasteiger partial charge in [0.05, 0.1) is 11.3 Å². The van der Waals surface area contributed by atoms with Gasteiger partial charge in [0, 0.05) is 5.41 Å². The molecule has 0 atom stereocenters. The molecule has 16 heavy (non-hydrogen) atoms. The molecule has 0 aromatic heterocycles. The molecule has 0 spiro atoms. The number of fused-ring (bicyclic) bond motifs is 1. The highest BCUT2D eigenvalue weighted by Gasteiger charge is 2.29. The monoisotopic (exact) mass is 216 g/mol. The molecule has 1 amide bonds. The minimum Gasteiger partial charge on any atom is -0.265 e. The van der Waals surface area contributed by atoms with Crippen LogP contribution in [0.15, 0.2) is 45.3 Å². The summed E-state index contributed by atoms with van der Waals surface area (Å²) in [5.74, 6) is 0.0910. The lowest BCUT2D eigenvalue weighted by atomic mass is 9.92. The Morgan fingerprint density at radius 1 is 1.25 bits per heavy atom. The molecule has 0 saturated carbocycles. The van der Waals surface area contributed by atoms with Crippen molar-refractivity contribution < 1.29 is 4.79 Å². The molecule has 0 bridgehead atoms. The van der Waals surface area contributed by atoms with E-state index < -0.39 is 0 Å². The highest BCUT2D eigenvalue weighted by Crippen LogP contribution is 2.36. The zero-order valence-corrected chi connectivity index (χ0v) is 10.1. The lowest BCUT2D eigenvalue weighted by Crippen LogP contribution is -2.03. The lowest BCUT2D eigenvalue weighted by molar-refractivity contribution is -0.114. The van der Waals surface area contributed by atoms with Gasteiger partial charge in [-0.1, -0.05) is 39.8 Å². The van der Waals surface area contributed by atoms with Crippen molar-refractivity contribution in [1.29, 1.82) is 0 Å². The second-order valence-electron chi connectivity index (χ2n) is 5.17. The molecule has 0 aromatic rings. The first kappa shape index (κ1) is 11.0. The summed E-state index contributed by atoms with van der Waals surface area (Å²) in [5, 5.41) is 7.61. The Morgan fingerprint density at radius 3 is 2.56 bits per heavy atom. The fourth-order valence-electron chi connectivity index (χ4n) is 1.95. The molecule has 1 aliphatic carbocycles. The molecule has 2 aliphatic rings. The van der Waals surface area contributed by atoms with Crippen molar-refractivity contribution in [3.8, 4) is 0 Å². The van der Waals surface area contributed by atoms with Gasteiger partial charge >= 0.3 is 0 Å². The van der Waals surface area contributed by atoms with Crippen LogP contribution in [0.5, 0.6) is 0 Å². The van der Waals surface area contributed by atoms with Crippen LogP contribution in [0.2, 0.25) is 0 Å². The summed E-state index contributed by atoms with van der Waals surface area (Å²) in [7, 11) is 0. The van der Waals surface area contributed by atoms with E-state index in [-0.39, 0.29) is 11.3 Å². The number of allylic oxidation sites excluding steroid dienone is 4. The normalized spacial score (nSPS) is 22.6. The number of carbonyl (C=O) groups is 1. The van der Waals surface area contributed by atoms with Gasteiger partial charge in [0.2, 0.25) is 0 Å². The van der Waals surface area contributed by atoms with Crippen LogP contribution in [0, 0.1) is 11.3 Å². The zero-order chi connectivity index (χ0) is 11.9. The van der Waals surface area contributed by atoms with Crippen LogP contribution < -0.4 is 0 Å². The predicted molar refractivity (Wildman–Crippen MR) is 62.7 cm³/mol. The second-order valence-corrected chi connectivity index (χ2v) is 5.17. The van der Waals surface area contributed by atoms with Crippen molar-refractivity contribution in [2.75, 3.05) is 0 Å². The topological polar surface area (TPSA) is 41.8 Å². The highest BCUT2D eigenvalue weighted by atomic mass is 16.2. The molecule has 1 heterocycles. The molecule has 0 unspecified atom stereocenters. The summed E-state index contributed by atoms with van der Waals surface area (Å²) >= 11 is 0. The number of nitrogens with zero attached hydrogens (tertiary/aromatic N) is 2. The Balaban J connectivity index is 2.63. The van der Waals surface area contributed by atoms with Gasteiger partial charge < -0.3 is 0 Å². The fraction of sp³-hybridized carbons (Fsp3) is 0.462. The van der Waals surface area contributed by atoms with Crippen LogP contribution in [0.4, 0.5) is 0 Å². The summed E-state index contributed by atoms with van der Waals surface area (Å²) in [6.45, 7) is 8.34. The third kappa shape index (κ3) is 1.77. The summed E-state index contributed by atoms with van der Waals surface area (Å²) in [6.07, 6.45) is 6.16. The van der Waals surface area contributed by atoms with Crippen molar-refractivity contribution in [2.24, 2.45) is 21.6 Å².